The second-order valence-corrected chi connectivity index (χ2v) is 21.2. The molecule has 0 saturated carbocycles. The number of amides is 1. The molecule has 0 aliphatic heterocycles. The molecule has 0 aliphatic rings. The Labute approximate surface area is 563 Å². The van der Waals surface area contributed by atoms with E-state index in [0.29, 0.717) is 23.9 Å². The Morgan fingerprint density at radius 1 is 0.415 bits per heavy atom. The fourth-order valence-corrected chi connectivity index (χ4v) is 9.08. The van der Waals surface area contributed by atoms with Crippen molar-refractivity contribution in [2.24, 2.45) is 0 Å². The first kappa shape index (κ1) is 74.9. The highest BCUT2D eigenvalue weighted by Gasteiger charge is 2.21. The largest absolute Gasteiger partial charge is 0.412 e. The SMILES string of the molecule is Cc1ccc(NC=O)cc1.Cc1ccc(Nc2nc(Cl)c(F)c(-n3c(C)nc4ccccc43)n2)cc1.Cc1ccc(Nc2nc(Cl)c(F)c(Cl)n2)cc1.Cc1ccc(Nc2nc(N)c(F)c(-n3c(C)nc4ccccc43)n2)cc1.Cc1nc(Cl)c(F)c(Cl)n1.N.O.O=S=O. The van der Waals surface area contributed by atoms with E-state index in [0.717, 1.165) is 61.5 Å². The summed E-state index contributed by atoms with van der Waals surface area (Å²) in [6.07, 6.45) is 0.671. The van der Waals surface area contributed by atoms with Gasteiger partial charge in [0.25, 0.3) is 0 Å². The molecule has 0 atom stereocenters. The summed E-state index contributed by atoms with van der Waals surface area (Å²) in [4.78, 5) is 50.1. The summed E-state index contributed by atoms with van der Waals surface area (Å²) in [6.45, 7) is 13.2. The van der Waals surface area contributed by atoms with E-state index in [2.05, 4.69) is 71.1 Å². The Kier molecular flexibility index (Phi) is 28.1. The summed E-state index contributed by atoms with van der Waals surface area (Å²) in [5, 5.41) is 10.2. The Morgan fingerprint density at radius 2 is 0.713 bits per heavy atom. The van der Waals surface area contributed by atoms with Crippen molar-refractivity contribution in [1.29, 1.82) is 0 Å². The Balaban J connectivity index is 0.000000220. The molecule has 0 aliphatic carbocycles. The minimum absolute atomic E-state index is 0. The van der Waals surface area contributed by atoms with Gasteiger partial charge in [-0.2, -0.15) is 47.1 Å². The molecule has 0 unspecified atom stereocenters. The Morgan fingerprint density at radius 3 is 1.07 bits per heavy atom. The van der Waals surface area contributed by atoms with Gasteiger partial charge in [-0.15, -0.1) is 0 Å². The normalized spacial score (nSPS) is 10.1. The van der Waals surface area contributed by atoms with Crippen LogP contribution in [-0.2, 0) is 16.4 Å². The van der Waals surface area contributed by atoms with Gasteiger partial charge in [0, 0.05) is 22.7 Å². The third-order valence-corrected chi connectivity index (χ3v) is 13.6. The third kappa shape index (κ3) is 20.3. The predicted molar refractivity (Wildman–Crippen MR) is 363 cm³/mol. The van der Waals surface area contributed by atoms with E-state index < -0.39 is 34.8 Å². The van der Waals surface area contributed by atoms with Gasteiger partial charge in [0.2, 0.25) is 35.9 Å². The number of hydrogen-bond acceptors (Lipinski definition) is 18. The van der Waals surface area contributed by atoms with Gasteiger partial charge < -0.3 is 38.6 Å². The molecule has 0 fully saturated rings. The van der Waals surface area contributed by atoms with E-state index in [9.17, 15) is 22.4 Å². The highest BCUT2D eigenvalue weighted by atomic mass is 35.5. The fraction of sp³-hybridized carbons (Fsp3) is 0.113. The number of halogens is 9. The lowest BCUT2D eigenvalue weighted by molar-refractivity contribution is -0.105. The maximum atomic E-state index is 14.7. The molecule has 0 spiro atoms. The van der Waals surface area contributed by atoms with Crippen LogP contribution >= 0.6 is 58.0 Å². The Bertz CT molecular complexity index is 4360. The minimum Gasteiger partial charge on any atom is -0.412 e. The van der Waals surface area contributed by atoms with Gasteiger partial charge in [-0.05, 0) is 121 Å². The smallest absolute Gasteiger partial charge is 0.335 e. The Hall–Kier alpha value is -9.84. The summed E-state index contributed by atoms with van der Waals surface area (Å²) in [6, 6.07) is 45.6. The van der Waals surface area contributed by atoms with Crippen molar-refractivity contribution in [3.05, 3.63) is 234 Å². The molecule has 6 aromatic heterocycles. The second kappa shape index (κ2) is 35.3. The summed E-state index contributed by atoms with van der Waals surface area (Å²) < 4.78 is 74.9. The minimum atomic E-state index is -0.817. The number of rotatable bonds is 10. The van der Waals surface area contributed by atoms with Gasteiger partial charge >= 0.3 is 11.6 Å². The fourth-order valence-electron chi connectivity index (χ4n) is 8.05. The van der Waals surface area contributed by atoms with Crippen molar-refractivity contribution in [3.8, 4) is 11.6 Å². The highest BCUT2D eigenvalue weighted by Crippen LogP contribution is 2.30. The van der Waals surface area contributed by atoms with Crippen LogP contribution in [0.2, 0.25) is 25.8 Å². The third-order valence-electron chi connectivity index (χ3n) is 12.4. The van der Waals surface area contributed by atoms with Crippen LogP contribution < -0.4 is 33.2 Å². The number of nitrogens with two attached hydrogens (primary N) is 1. The number of nitrogen functional groups attached to an aromatic ring is 1. The van der Waals surface area contributed by atoms with Crippen LogP contribution in [0.15, 0.2) is 146 Å². The molecule has 0 saturated heterocycles. The van der Waals surface area contributed by atoms with Crippen LogP contribution in [0, 0.1) is 71.7 Å². The van der Waals surface area contributed by atoms with E-state index in [1.807, 2.05) is 173 Å². The molecule has 0 bridgehead atoms. The molecule has 1 amide bonds. The van der Waals surface area contributed by atoms with E-state index in [1.54, 1.807) is 29.9 Å². The van der Waals surface area contributed by atoms with Crippen molar-refractivity contribution in [1.82, 2.24) is 65.1 Å². The molecule has 32 heteroatoms. The number of hydrogen-bond donors (Lipinski definition) is 6. The molecule has 0 radical (unpaired) electrons. The summed E-state index contributed by atoms with van der Waals surface area (Å²) in [5.41, 5.74) is 16.6. The van der Waals surface area contributed by atoms with E-state index >= 15 is 0 Å². The molecule has 6 heterocycles. The molecule has 12 aromatic rings. The number of nitrogens with zero attached hydrogens (tertiary/aromatic N) is 12. The van der Waals surface area contributed by atoms with Crippen molar-refractivity contribution >= 4 is 144 Å². The number of carbonyl (C=O) groups excluding carboxylic acids is 1. The number of para-hydroxylation sites is 4. The van der Waals surface area contributed by atoms with Crippen molar-refractivity contribution in [2.45, 2.75) is 48.5 Å². The van der Waals surface area contributed by atoms with E-state index in [1.165, 1.54) is 5.56 Å². The molecule has 94 heavy (non-hydrogen) atoms. The van der Waals surface area contributed by atoms with Crippen LogP contribution in [-0.4, -0.2) is 79.3 Å². The lowest BCUT2D eigenvalue weighted by Crippen LogP contribution is -2.10. The number of anilines is 8. The number of aryl methyl sites for hydroxylation is 7. The first-order chi connectivity index (χ1) is 44.0. The maximum Gasteiger partial charge on any atom is 0.335 e. The zero-order valence-electron chi connectivity index (χ0n) is 50.6. The average Bonchev–Trinajstić information content (AvgIpc) is 1.61. The molecule has 22 nitrogen and oxygen atoms in total. The second-order valence-electron chi connectivity index (χ2n) is 19.3. The summed E-state index contributed by atoms with van der Waals surface area (Å²) >= 11 is 27.0. The number of imidazole rings is 2. The molecular weight excluding hydrogens is 1350 g/mol. The lowest BCUT2D eigenvalue weighted by Gasteiger charge is -2.12. The van der Waals surface area contributed by atoms with Gasteiger partial charge in [0.05, 0.1) is 22.1 Å². The average molecular weight is 1400 g/mol. The predicted octanol–water partition coefficient (Wildman–Crippen LogP) is 15.3. The van der Waals surface area contributed by atoms with Crippen LogP contribution in [0.5, 0.6) is 0 Å². The zero-order chi connectivity index (χ0) is 66.8. The van der Waals surface area contributed by atoms with Gasteiger partial charge in [0.15, 0.2) is 54.9 Å². The molecule has 12 rings (SSSR count). The first-order valence-electron chi connectivity index (χ1n) is 26.9. The van der Waals surface area contributed by atoms with Crippen molar-refractivity contribution in [2.75, 3.05) is 27.0 Å². The molecule has 6 aromatic carbocycles. The van der Waals surface area contributed by atoms with Gasteiger partial charge in [-0.1, -0.05) is 153 Å². The quantitative estimate of drug-likeness (QED) is 0.0421. The van der Waals surface area contributed by atoms with Gasteiger partial charge in [0.1, 0.15) is 17.5 Å². The molecular formula is C62H57Cl5F4N18O4S. The molecule has 488 valence electrons. The van der Waals surface area contributed by atoms with E-state index in [4.69, 9.17) is 72.2 Å². The standard InChI is InChI=1S/C19H15ClFN5.C19H17FN6.C11H8Cl2FN3.C8H9NO.C5H3Cl2FN2.H3N.O2S.H2O/c1-11-7-9-13(10-8-11)23-19-24-17(20)16(21)18(25-19)26-12(2)22-14-5-3-4-6-15(14)26;1-11-7-9-13(10-8-11)23-19-24-17(21)16(20)18(25-19)26-12(2)22-14-5-3-4-6-15(14)26;1-6-2-4-7(5-3-6)15-11-16-9(12)8(14)10(13)17-11;1-7-2-4-8(5-3-7)9-6-10;1-2-9-4(6)3(8)5(7)10-2;;1-3-2;/h3-10H,1-2H3,(H,23,24,25);3-10H,1-2H3,(H3,21,23,24,25);2-5H,1H3,(H,15,16,17);2-6H,1H3,(H,9,10);1H3;1H3;;1H2. The van der Waals surface area contributed by atoms with Crippen molar-refractivity contribution in [3.63, 3.8) is 0 Å². The zero-order valence-corrected chi connectivity index (χ0v) is 55.2. The van der Waals surface area contributed by atoms with Gasteiger partial charge in [-0.25, -0.2) is 28.7 Å². The van der Waals surface area contributed by atoms with Crippen molar-refractivity contribution < 1.29 is 36.3 Å². The number of nitrogens with one attached hydrogen (secondary N) is 4. The number of benzene rings is 6. The number of carbonyl (C=O) groups is 1. The first-order valence-corrected chi connectivity index (χ1v) is 29.4. The highest BCUT2D eigenvalue weighted by molar-refractivity contribution is 7.51. The summed E-state index contributed by atoms with van der Waals surface area (Å²) in [5.74, 6) is -0.861. The maximum absolute atomic E-state index is 14.7. The number of fused-ring (bicyclic) bond motifs is 2. The lowest BCUT2D eigenvalue weighted by atomic mass is 10.2. The van der Waals surface area contributed by atoms with Crippen LogP contribution in [0.25, 0.3) is 33.7 Å². The molecule has 11 N–H and O–H groups in total. The van der Waals surface area contributed by atoms with Gasteiger partial charge in [-0.3, -0.25) is 13.9 Å². The monoisotopic (exact) mass is 1400 g/mol. The topological polar surface area (TPSA) is 331 Å². The number of aromatic nitrogens is 12. The van der Waals surface area contributed by atoms with E-state index in [-0.39, 0.29) is 72.7 Å². The van der Waals surface area contributed by atoms with Crippen LogP contribution in [0.3, 0.4) is 0 Å². The van der Waals surface area contributed by atoms with Crippen LogP contribution in [0.1, 0.15) is 39.7 Å². The van der Waals surface area contributed by atoms with Crippen LogP contribution in [0.4, 0.5) is 64.0 Å². The summed E-state index contributed by atoms with van der Waals surface area (Å²) in [7, 11) is 0.